The number of guanidine groups is 2. The quantitative estimate of drug-likeness (QED) is 0.0636. The van der Waals surface area contributed by atoms with Gasteiger partial charge >= 0.3 is 0 Å². The number of hydrogen-bond acceptors (Lipinski definition) is 14. The van der Waals surface area contributed by atoms with E-state index in [0.29, 0.717) is 43.5 Å². The van der Waals surface area contributed by atoms with Crippen LogP contribution in [0.25, 0.3) is 0 Å². The summed E-state index contributed by atoms with van der Waals surface area (Å²) in [5, 5.41) is 0. The highest BCUT2D eigenvalue weighted by atomic mass is 32.2. The number of nitrogens with two attached hydrogens (primary N) is 2. The van der Waals surface area contributed by atoms with E-state index in [-0.39, 0.29) is 62.6 Å². The Morgan fingerprint density at radius 3 is 0.957 bits per heavy atom. The summed E-state index contributed by atoms with van der Waals surface area (Å²) in [6, 6.07) is 3.47. The van der Waals surface area contributed by atoms with E-state index >= 15 is 0 Å². The van der Waals surface area contributed by atoms with Crippen LogP contribution in [-0.2, 0) is 52.9 Å². The molecule has 24 heteroatoms. The van der Waals surface area contributed by atoms with Crippen molar-refractivity contribution in [2.75, 3.05) is 14.2 Å². The van der Waals surface area contributed by atoms with Gasteiger partial charge < -0.3 is 30.4 Å². The van der Waals surface area contributed by atoms with E-state index < -0.39 is 62.2 Å². The number of nitrogens with one attached hydrogen (secondary N) is 4. The van der Waals surface area contributed by atoms with E-state index in [0.717, 1.165) is 92.8 Å². The highest BCUT2D eigenvalue weighted by Crippen LogP contribution is 2.44. The molecule has 0 radical (unpaired) electrons. The van der Waals surface area contributed by atoms with Crippen molar-refractivity contribution >= 4 is 52.0 Å². The summed E-state index contributed by atoms with van der Waals surface area (Å²) in [6.45, 7) is 52.3. The standard InChI is InChI=1S/C19H31N3O3S.C18H29NO3S.C15H25N3O3S.C14H23NO3S.4CH4/c1-11-12(2)16(26(23,24)22-17(20)21-18(4,5)6)13(3)14-9-10-19(7,8)25-15(11)14;1-11-12(2)16(23(20,21)19-17(4,5)6)13(3)14-9-10-18(7,8)22-15(11)14;1-9-8-12(21-7)10(2)11(3)13(9)22(19,20)18-14(16)17-15(4,5)6;1-9-8-12(18-7)10(2)11(3)13(9)19(16,17)15-14(4,5)6;;;;/h9-10H2,1-8H3,(H3,20,21,22);19H,9-10H2,1-8H3;8H,1-7H3,(H3,16,17,18);8,15H,1-7H3;4*1H4. The molecular weight excluding hydrogens is 1270 g/mol. The van der Waals surface area contributed by atoms with Crippen LogP contribution >= 0.6 is 0 Å². The molecule has 0 fully saturated rings. The van der Waals surface area contributed by atoms with Gasteiger partial charge in [-0.2, -0.15) is 0 Å². The Kier molecular flexibility index (Phi) is 30.9. The van der Waals surface area contributed by atoms with Crippen molar-refractivity contribution in [2.45, 2.75) is 302 Å². The lowest BCUT2D eigenvalue weighted by molar-refractivity contribution is 0.0828. The van der Waals surface area contributed by atoms with Crippen LogP contribution in [0.15, 0.2) is 41.7 Å². The van der Waals surface area contributed by atoms with Crippen molar-refractivity contribution in [2.24, 2.45) is 21.5 Å². The van der Waals surface area contributed by atoms with Crippen molar-refractivity contribution in [3.63, 3.8) is 0 Å². The van der Waals surface area contributed by atoms with Crippen LogP contribution in [0.3, 0.4) is 0 Å². The molecule has 0 bridgehead atoms. The first kappa shape index (κ1) is 90.4. The third-order valence-corrected chi connectivity index (χ3v) is 22.4. The first-order valence-electron chi connectivity index (χ1n) is 30.0. The maximum Gasteiger partial charge on any atom is 0.264 e. The smallest absolute Gasteiger partial charge is 0.264 e. The number of fused-ring (bicyclic) bond motifs is 2. The molecule has 2 aliphatic heterocycles. The fourth-order valence-electron chi connectivity index (χ4n) is 10.8. The summed E-state index contributed by atoms with van der Waals surface area (Å²) in [5.41, 5.74) is 20.1. The predicted molar refractivity (Wildman–Crippen MR) is 392 cm³/mol. The maximum absolute atomic E-state index is 13.0. The van der Waals surface area contributed by atoms with Gasteiger partial charge in [-0.25, -0.2) is 62.5 Å². The third kappa shape index (κ3) is 23.3. The van der Waals surface area contributed by atoms with Crippen LogP contribution in [0.4, 0.5) is 0 Å². The molecule has 0 amide bonds. The summed E-state index contributed by atoms with van der Waals surface area (Å²) in [6.07, 6.45) is 3.34. The molecule has 0 aromatic heterocycles. The molecule has 0 unspecified atom stereocenters. The number of ether oxygens (including phenoxy) is 4. The first-order chi connectivity index (χ1) is 40.3. The minimum Gasteiger partial charge on any atom is -0.496 e. The molecule has 4 aromatic rings. The maximum atomic E-state index is 13.0. The van der Waals surface area contributed by atoms with Gasteiger partial charge in [0.2, 0.25) is 32.0 Å². The van der Waals surface area contributed by atoms with E-state index in [4.69, 9.17) is 30.4 Å². The van der Waals surface area contributed by atoms with Gasteiger partial charge in [-0.3, -0.25) is 0 Å². The lowest BCUT2D eigenvalue weighted by atomic mass is 9.88. The minimum atomic E-state index is -3.84. The van der Waals surface area contributed by atoms with Crippen LogP contribution in [0.5, 0.6) is 23.0 Å². The van der Waals surface area contributed by atoms with Gasteiger partial charge in [0.15, 0.2) is 0 Å². The molecule has 20 nitrogen and oxygen atoms in total. The van der Waals surface area contributed by atoms with Gasteiger partial charge in [-0.15, -0.1) is 0 Å². The van der Waals surface area contributed by atoms with Crippen molar-refractivity contribution in [3.05, 3.63) is 90.0 Å². The summed E-state index contributed by atoms with van der Waals surface area (Å²) >= 11 is 0. The molecule has 0 saturated heterocycles. The van der Waals surface area contributed by atoms with Gasteiger partial charge in [-0.05, 0) is 310 Å². The summed E-state index contributed by atoms with van der Waals surface area (Å²) in [7, 11) is -11.6. The molecule has 6 rings (SSSR count). The zero-order chi connectivity index (χ0) is 70.2. The highest BCUT2D eigenvalue weighted by Gasteiger charge is 2.37. The number of nitrogens with zero attached hydrogens (tertiary/aromatic N) is 2. The van der Waals surface area contributed by atoms with Crippen LogP contribution in [0.2, 0.25) is 0 Å². The zero-order valence-electron chi connectivity index (χ0n) is 59.6. The van der Waals surface area contributed by atoms with Crippen molar-refractivity contribution in [1.29, 1.82) is 0 Å². The van der Waals surface area contributed by atoms with Crippen molar-refractivity contribution < 1.29 is 52.6 Å². The molecule has 0 spiro atoms. The molecule has 0 saturated carbocycles. The monoisotopic (exact) mass is 1400 g/mol. The van der Waals surface area contributed by atoms with Gasteiger partial charge in [0.1, 0.15) is 34.2 Å². The lowest BCUT2D eigenvalue weighted by Gasteiger charge is -2.36. The predicted octanol–water partition coefficient (Wildman–Crippen LogP) is 14.2. The Hall–Kier alpha value is -5.66. The molecule has 2 aliphatic rings. The molecule has 540 valence electrons. The zero-order valence-corrected chi connectivity index (χ0v) is 62.8. The Morgan fingerprint density at radius 2 is 0.681 bits per heavy atom. The second kappa shape index (κ2) is 32.1. The normalized spacial score (nSPS) is 14.7. The van der Waals surface area contributed by atoms with E-state index in [9.17, 15) is 33.7 Å². The number of sulfonamides is 4. The molecule has 94 heavy (non-hydrogen) atoms. The number of methoxy groups -OCH3 is 2. The molecular formula is C70H124N8O12S4. The Labute approximate surface area is 571 Å². The molecule has 4 aromatic carbocycles. The average Bonchev–Trinajstić information content (AvgIpc) is 0.760. The number of hydrogen-bond donors (Lipinski definition) is 6. The Morgan fingerprint density at radius 1 is 0.426 bits per heavy atom. The second-order valence-corrected chi connectivity index (χ2v) is 35.4. The van der Waals surface area contributed by atoms with E-state index in [1.54, 1.807) is 54.0 Å². The number of benzene rings is 4. The molecule has 0 atom stereocenters. The molecule has 2 heterocycles. The van der Waals surface area contributed by atoms with E-state index in [2.05, 4.69) is 56.6 Å². The van der Waals surface area contributed by atoms with Gasteiger partial charge in [-0.1, -0.05) is 29.7 Å². The first-order valence-corrected chi connectivity index (χ1v) is 36.0. The van der Waals surface area contributed by atoms with Crippen LogP contribution in [0, 0.1) is 83.1 Å². The fraction of sp³-hybridized carbons (Fsp3) is 0.629. The number of aryl methyl sites for hydroxylation is 2. The molecule has 0 aliphatic carbocycles. The third-order valence-electron chi connectivity index (χ3n) is 15.1. The van der Waals surface area contributed by atoms with Crippen LogP contribution in [0.1, 0.15) is 231 Å². The Balaban J connectivity index is 0. The lowest BCUT2D eigenvalue weighted by Crippen LogP contribution is -2.41. The number of aliphatic imine (C=N–C) groups is 2. The Bertz CT molecular complexity index is 3900. The molecule has 8 N–H and O–H groups in total. The topological polar surface area (TPSA) is 298 Å². The SMILES string of the molecule is C.C.C.C.COc1cc(C)c(S(=O)(=O)NC(C)(C)C)c(C)c1C.COc1cc(C)c(S(=O)(=O)NC(N)=NC(C)(C)C)c(C)c1C.Cc1c(C)c(S(=O)(=O)NC(C)(C)C)c(C)c2c1OC(C)(C)CC2.Cc1c(C)c(S(=O)(=O)NC(N)=NC(C)(C)C)c(C)c2c1OC(C)(C)CC2. The summed E-state index contributed by atoms with van der Waals surface area (Å²) in [5.74, 6) is 2.82. The fourth-order valence-corrected chi connectivity index (χ4v) is 17.8. The largest absolute Gasteiger partial charge is 0.496 e. The number of rotatable bonds is 10. The van der Waals surface area contributed by atoms with Crippen molar-refractivity contribution in [1.82, 2.24) is 18.9 Å². The highest BCUT2D eigenvalue weighted by molar-refractivity contribution is 7.90. The van der Waals surface area contributed by atoms with Gasteiger partial charge in [0.25, 0.3) is 20.0 Å². The van der Waals surface area contributed by atoms with Gasteiger partial charge in [0.05, 0.1) is 44.9 Å². The minimum absolute atomic E-state index is 0. The summed E-state index contributed by atoms with van der Waals surface area (Å²) < 4.78 is 135. The van der Waals surface area contributed by atoms with E-state index in [1.165, 1.54) is 0 Å². The van der Waals surface area contributed by atoms with Crippen LogP contribution < -0.4 is 49.3 Å². The van der Waals surface area contributed by atoms with E-state index in [1.807, 2.05) is 138 Å². The van der Waals surface area contributed by atoms with Crippen LogP contribution in [-0.4, -0.2) is 93.2 Å². The second-order valence-electron chi connectivity index (χ2n) is 29.0. The van der Waals surface area contributed by atoms with Crippen molar-refractivity contribution in [3.8, 4) is 23.0 Å². The van der Waals surface area contributed by atoms with Gasteiger partial charge in [0, 0.05) is 11.1 Å². The summed E-state index contributed by atoms with van der Waals surface area (Å²) in [4.78, 5) is 9.53. The average molecular weight is 1400 g/mol.